The summed E-state index contributed by atoms with van der Waals surface area (Å²) in [4.78, 5) is 17.5. The van der Waals surface area contributed by atoms with Gasteiger partial charge in [0.2, 0.25) is 5.95 Å². The van der Waals surface area contributed by atoms with Gasteiger partial charge in [0.1, 0.15) is 0 Å². The summed E-state index contributed by atoms with van der Waals surface area (Å²) in [7, 11) is 3.10. The first-order valence-electron chi connectivity index (χ1n) is 7.63. The second-order valence-electron chi connectivity index (χ2n) is 5.57. The van der Waals surface area contributed by atoms with Gasteiger partial charge in [-0.25, -0.2) is 0 Å². The maximum Gasteiger partial charge on any atom is 0.324 e. The minimum Gasteiger partial charge on any atom is -0.467 e. The smallest absolute Gasteiger partial charge is 0.324 e. The van der Waals surface area contributed by atoms with Gasteiger partial charge >= 0.3 is 12.0 Å². The fourth-order valence-corrected chi connectivity index (χ4v) is 3.21. The zero-order valence-electron chi connectivity index (χ0n) is 12.8. The van der Waals surface area contributed by atoms with E-state index in [1.54, 1.807) is 14.2 Å². The Kier molecular flexibility index (Phi) is 4.38. The van der Waals surface area contributed by atoms with Gasteiger partial charge in [-0.05, 0) is 12.8 Å². The molecule has 1 aromatic heterocycles. The zero-order chi connectivity index (χ0) is 14.7. The molecule has 2 fully saturated rings. The number of hydrogen-bond donors (Lipinski definition) is 0. The summed E-state index contributed by atoms with van der Waals surface area (Å²) in [5.74, 6) is 0.643. The number of anilines is 1. The molecule has 1 aromatic rings. The maximum atomic E-state index is 5.11. The number of piperazine rings is 1. The molecule has 2 heterocycles. The molecule has 0 aromatic carbocycles. The Balaban J connectivity index is 1.65. The van der Waals surface area contributed by atoms with Crippen molar-refractivity contribution in [3.8, 4) is 12.0 Å². The Morgan fingerprint density at radius 1 is 0.857 bits per heavy atom. The molecule has 116 valence electrons. The lowest BCUT2D eigenvalue weighted by Gasteiger charge is -2.38. The summed E-state index contributed by atoms with van der Waals surface area (Å²) in [5, 5.41) is 0. The minimum absolute atomic E-state index is 0.301. The third kappa shape index (κ3) is 3.18. The maximum absolute atomic E-state index is 5.11. The van der Waals surface area contributed by atoms with E-state index in [1.807, 2.05) is 0 Å². The second kappa shape index (κ2) is 6.43. The average molecular weight is 293 g/mol. The van der Waals surface area contributed by atoms with Crippen molar-refractivity contribution in [3.05, 3.63) is 0 Å². The lowest BCUT2D eigenvalue weighted by Crippen LogP contribution is -2.50. The van der Waals surface area contributed by atoms with E-state index in [1.165, 1.54) is 25.7 Å². The molecule has 1 aliphatic carbocycles. The highest BCUT2D eigenvalue weighted by atomic mass is 16.5. The molecule has 21 heavy (non-hydrogen) atoms. The molecule has 0 bridgehead atoms. The molecule has 1 saturated carbocycles. The second-order valence-corrected chi connectivity index (χ2v) is 5.57. The first-order chi connectivity index (χ1) is 10.3. The molecule has 1 saturated heterocycles. The first-order valence-corrected chi connectivity index (χ1v) is 7.63. The van der Waals surface area contributed by atoms with E-state index < -0.39 is 0 Å². The van der Waals surface area contributed by atoms with Crippen molar-refractivity contribution >= 4 is 5.95 Å². The van der Waals surface area contributed by atoms with E-state index in [-0.39, 0.29) is 0 Å². The van der Waals surface area contributed by atoms with Gasteiger partial charge < -0.3 is 14.4 Å². The largest absolute Gasteiger partial charge is 0.467 e. The lowest BCUT2D eigenvalue weighted by atomic mass is 10.2. The molecule has 0 atom stereocenters. The number of aromatic nitrogens is 3. The van der Waals surface area contributed by atoms with Crippen LogP contribution in [0.5, 0.6) is 12.0 Å². The molecule has 2 aliphatic rings. The molecule has 7 heteroatoms. The predicted molar refractivity (Wildman–Crippen MR) is 79.0 cm³/mol. The van der Waals surface area contributed by atoms with Crippen molar-refractivity contribution in [2.24, 2.45) is 0 Å². The summed E-state index contributed by atoms with van der Waals surface area (Å²) in [6.07, 6.45) is 5.47. The molecule has 0 spiro atoms. The van der Waals surface area contributed by atoms with E-state index >= 15 is 0 Å². The standard InChI is InChI=1S/C14H23N5O2/c1-20-13-15-12(16-14(17-13)21-2)19-9-7-18(8-10-19)11-5-3-4-6-11/h11H,3-10H2,1-2H3. The van der Waals surface area contributed by atoms with Crippen molar-refractivity contribution in [2.75, 3.05) is 45.3 Å². The van der Waals surface area contributed by atoms with Crippen LogP contribution in [0.25, 0.3) is 0 Å². The van der Waals surface area contributed by atoms with Gasteiger partial charge in [0, 0.05) is 32.2 Å². The Bertz CT molecular complexity index is 448. The highest BCUT2D eigenvalue weighted by Crippen LogP contribution is 2.25. The van der Waals surface area contributed by atoms with Crippen LogP contribution in [0.2, 0.25) is 0 Å². The molecular formula is C14H23N5O2. The van der Waals surface area contributed by atoms with Crippen LogP contribution in [-0.2, 0) is 0 Å². The summed E-state index contributed by atoms with van der Waals surface area (Å²) in [6, 6.07) is 1.39. The van der Waals surface area contributed by atoms with E-state index in [0.29, 0.717) is 18.0 Å². The number of ether oxygens (including phenoxy) is 2. The Hall–Kier alpha value is -1.63. The topological polar surface area (TPSA) is 63.6 Å². The van der Waals surface area contributed by atoms with Gasteiger partial charge in [0.05, 0.1) is 14.2 Å². The number of rotatable bonds is 4. The zero-order valence-corrected chi connectivity index (χ0v) is 12.8. The van der Waals surface area contributed by atoms with Gasteiger partial charge in [-0.2, -0.15) is 9.97 Å². The fourth-order valence-electron chi connectivity index (χ4n) is 3.21. The number of methoxy groups -OCH3 is 2. The van der Waals surface area contributed by atoms with E-state index in [9.17, 15) is 0 Å². The van der Waals surface area contributed by atoms with Crippen LogP contribution in [0.4, 0.5) is 5.95 Å². The molecular weight excluding hydrogens is 270 g/mol. The predicted octanol–water partition coefficient (Wildman–Crippen LogP) is 0.953. The van der Waals surface area contributed by atoms with Gasteiger partial charge in [0.15, 0.2) is 0 Å². The van der Waals surface area contributed by atoms with Crippen LogP contribution >= 0.6 is 0 Å². The SMILES string of the molecule is COc1nc(OC)nc(N2CCN(C3CCCC3)CC2)n1. The molecule has 1 aliphatic heterocycles. The Labute approximate surface area is 125 Å². The summed E-state index contributed by atoms with van der Waals surface area (Å²) in [6.45, 7) is 4.02. The molecule has 3 rings (SSSR count). The number of hydrogen-bond acceptors (Lipinski definition) is 7. The summed E-state index contributed by atoms with van der Waals surface area (Å²) in [5.41, 5.74) is 0. The van der Waals surface area contributed by atoms with E-state index in [0.717, 1.165) is 32.2 Å². The molecule has 7 nitrogen and oxygen atoms in total. The fraction of sp³-hybridized carbons (Fsp3) is 0.786. The van der Waals surface area contributed by atoms with Gasteiger partial charge in [-0.3, -0.25) is 4.90 Å². The third-order valence-electron chi connectivity index (χ3n) is 4.39. The average Bonchev–Trinajstić information content (AvgIpc) is 3.09. The van der Waals surface area contributed by atoms with Crippen molar-refractivity contribution in [1.29, 1.82) is 0 Å². The van der Waals surface area contributed by atoms with Crippen LogP contribution in [0.15, 0.2) is 0 Å². The Morgan fingerprint density at radius 3 is 1.95 bits per heavy atom. The van der Waals surface area contributed by atoms with E-state index in [4.69, 9.17) is 9.47 Å². The van der Waals surface area contributed by atoms with E-state index in [2.05, 4.69) is 24.8 Å². The lowest BCUT2D eigenvalue weighted by molar-refractivity contribution is 0.186. The molecule has 0 amide bonds. The summed E-state index contributed by atoms with van der Waals surface area (Å²) < 4.78 is 10.2. The van der Waals surface area contributed by atoms with Crippen LogP contribution in [0, 0.1) is 0 Å². The molecule has 0 N–H and O–H groups in total. The Morgan fingerprint density at radius 2 is 1.43 bits per heavy atom. The quantitative estimate of drug-likeness (QED) is 0.819. The van der Waals surface area contributed by atoms with Crippen molar-refractivity contribution in [1.82, 2.24) is 19.9 Å². The molecule has 0 radical (unpaired) electrons. The third-order valence-corrected chi connectivity index (χ3v) is 4.39. The van der Waals surface area contributed by atoms with Crippen LogP contribution in [-0.4, -0.2) is 66.3 Å². The van der Waals surface area contributed by atoms with Crippen LogP contribution in [0.3, 0.4) is 0 Å². The van der Waals surface area contributed by atoms with Gasteiger partial charge in [-0.15, -0.1) is 4.98 Å². The van der Waals surface area contributed by atoms with Gasteiger partial charge in [0.25, 0.3) is 0 Å². The highest BCUT2D eigenvalue weighted by Gasteiger charge is 2.27. The van der Waals surface area contributed by atoms with Crippen LogP contribution < -0.4 is 14.4 Å². The van der Waals surface area contributed by atoms with Crippen molar-refractivity contribution in [2.45, 2.75) is 31.7 Å². The normalized spacial score (nSPS) is 20.8. The van der Waals surface area contributed by atoms with Gasteiger partial charge in [-0.1, -0.05) is 12.8 Å². The van der Waals surface area contributed by atoms with Crippen molar-refractivity contribution < 1.29 is 9.47 Å². The number of nitrogens with zero attached hydrogens (tertiary/aromatic N) is 5. The monoisotopic (exact) mass is 293 g/mol. The van der Waals surface area contributed by atoms with Crippen molar-refractivity contribution in [3.63, 3.8) is 0 Å². The molecule has 0 unspecified atom stereocenters. The minimum atomic E-state index is 0.301. The van der Waals surface area contributed by atoms with Crippen LogP contribution in [0.1, 0.15) is 25.7 Å². The first kappa shape index (κ1) is 14.3. The summed E-state index contributed by atoms with van der Waals surface area (Å²) >= 11 is 0. The highest BCUT2D eigenvalue weighted by molar-refractivity contribution is 5.33.